The maximum atomic E-state index is 13.9. The van der Waals surface area contributed by atoms with Crippen molar-refractivity contribution in [2.45, 2.75) is 39.3 Å². The molecule has 1 aliphatic rings. The van der Waals surface area contributed by atoms with Gasteiger partial charge in [-0.3, -0.25) is 0 Å². The van der Waals surface area contributed by atoms with E-state index in [-0.39, 0.29) is 5.82 Å². The summed E-state index contributed by atoms with van der Waals surface area (Å²) in [5.41, 5.74) is 4.15. The van der Waals surface area contributed by atoms with Crippen molar-refractivity contribution in [1.82, 2.24) is 4.90 Å². The molecule has 0 amide bonds. The molecule has 0 heterocycles. The number of rotatable bonds is 4. The van der Waals surface area contributed by atoms with E-state index in [2.05, 4.69) is 36.2 Å². The van der Waals surface area contributed by atoms with E-state index in [4.69, 9.17) is 12.2 Å². The highest BCUT2D eigenvalue weighted by molar-refractivity contribution is 7.80. The van der Waals surface area contributed by atoms with Gasteiger partial charge in [0.2, 0.25) is 0 Å². The summed E-state index contributed by atoms with van der Waals surface area (Å²) in [4.78, 5) is 2.10. The first-order valence-corrected chi connectivity index (χ1v) is 8.33. The fraction of sp³-hybridized carbons (Fsp3) is 0.316. The fourth-order valence-corrected chi connectivity index (χ4v) is 2.91. The molecule has 0 aliphatic heterocycles. The minimum atomic E-state index is -0.174. The average Bonchev–Trinajstić information content (AvgIpc) is 3.35. The first-order chi connectivity index (χ1) is 11.0. The van der Waals surface area contributed by atoms with Gasteiger partial charge in [0.25, 0.3) is 0 Å². The van der Waals surface area contributed by atoms with Crippen LogP contribution in [0.25, 0.3) is 0 Å². The molecule has 2 aromatic carbocycles. The van der Waals surface area contributed by atoms with Crippen LogP contribution in [0.1, 0.15) is 29.5 Å². The van der Waals surface area contributed by atoms with Gasteiger partial charge < -0.3 is 10.2 Å². The standard InChI is InChI=1S/C19H21FN2S/c1-13-7-8-16(11-14(13)2)21-19(23)22(17-9-10-17)12-15-5-3-4-6-18(15)20/h3-8,11,17H,9-10,12H2,1-2H3,(H,21,23). The monoisotopic (exact) mass is 328 g/mol. The molecule has 0 atom stereocenters. The molecule has 4 heteroatoms. The summed E-state index contributed by atoms with van der Waals surface area (Å²) in [6.45, 7) is 4.68. The van der Waals surface area contributed by atoms with E-state index < -0.39 is 0 Å². The van der Waals surface area contributed by atoms with E-state index in [9.17, 15) is 4.39 Å². The second kappa shape index (κ2) is 6.67. The molecule has 3 rings (SSSR count). The Hall–Kier alpha value is -1.94. The van der Waals surface area contributed by atoms with Crippen molar-refractivity contribution in [2.24, 2.45) is 0 Å². The SMILES string of the molecule is Cc1ccc(NC(=S)N(Cc2ccccc2F)C2CC2)cc1C. The molecule has 2 aromatic rings. The molecule has 0 bridgehead atoms. The lowest BCUT2D eigenvalue weighted by Crippen LogP contribution is -2.36. The summed E-state index contributed by atoms with van der Waals surface area (Å²) in [6.07, 6.45) is 2.23. The van der Waals surface area contributed by atoms with E-state index in [0.717, 1.165) is 18.5 Å². The van der Waals surface area contributed by atoms with Crippen LogP contribution in [0.2, 0.25) is 0 Å². The zero-order valence-corrected chi connectivity index (χ0v) is 14.3. The van der Waals surface area contributed by atoms with Crippen LogP contribution in [-0.2, 0) is 6.54 Å². The summed E-state index contributed by atoms with van der Waals surface area (Å²) in [5, 5.41) is 3.97. The maximum Gasteiger partial charge on any atom is 0.173 e. The highest BCUT2D eigenvalue weighted by atomic mass is 32.1. The van der Waals surface area contributed by atoms with Crippen LogP contribution in [0.3, 0.4) is 0 Å². The van der Waals surface area contributed by atoms with Crippen molar-refractivity contribution in [3.63, 3.8) is 0 Å². The lowest BCUT2D eigenvalue weighted by atomic mass is 10.1. The van der Waals surface area contributed by atoms with Gasteiger partial charge in [-0.2, -0.15) is 0 Å². The molecule has 2 nitrogen and oxygen atoms in total. The van der Waals surface area contributed by atoms with Crippen LogP contribution in [0.4, 0.5) is 10.1 Å². The zero-order chi connectivity index (χ0) is 16.4. The normalized spacial score (nSPS) is 13.7. The largest absolute Gasteiger partial charge is 0.342 e. The van der Waals surface area contributed by atoms with Gasteiger partial charge in [0.15, 0.2) is 5.11 Å². The van der Waals surface area contributed by atoms with Crippen LogP contribution in [0, 0.1) is 19.7 Å². The number of hydrogen-bond acceptors (Lipinski definition) is 1. The second-order valence-electron chi connectivity index (χ2n) is 6.18. The van der Waals surface area contributed by atoms with Crippen LogP contribution in [0.15, 0.2) is 42.5 Å². The van der Waals surface area contributed by atoms with E-state index in [0.29, 0.717) is 23.3 Å². The second-order valence-corrected chi connectivity index (χ2v) is 6.57. The molecule has 120 valence electrons. The third-order valence-corrected chi connectivity index (χ3v) is 4.64. The van der Waals surface area contributed by atoms with Crippen LogP contribution >= 0.6 is 12.2 Å². The lowest BCUT2D eigenvalue weighted by molar-refractivity contribution is 0.400. The minimum absolute atomic E-state index is 0.174. The third-order valence-electron chi connectivity index (χ3n) is 4.31. The molecule has 0 aromatic heterocycles. The molecular formula is C19H21FN2S. The molecular weight excluding hydrogens is 307 g/mol. The molecule has 1 aliphatic carbocycles. The smallest absolute Gasteiger partial charge is 0.173 e. The molecule has 1 N–H and O–H groups in total. The molecule has 0 saturated heterocycles. The number of nitrogens with one attached hydrogen (secondary N) is 1. The number of thiocarbonyl (C=S) groups is 1. The lowest BCUT2D eigenvalue weighted by Gasteiger charge is -2.26. The Balaban J connectivity index is 1.74. The first kappa shape index (κ1) is 15.9. The Labute approximate surface area is 142 Å². The highest BCUT2D eigenvalue weighted by Crippen LogP contribution is 2.29. The van der Waals surface area contributed by atoms with Gasteiger partial charge >= 0.3 is 0 Å². The topological polar surface area (TPSA) is 15.3 Å². The Kier molecular flexibility index (Phi) is 4.62. The Bertz CT molecular complexity index is 725. The number of anilines is 1. The van der Waals surface area contributed by atoms with Crippen molar-refractivity contribution >= 4 is 23.0 Å². The van der Waals surface area contributed by atoms with Crippen LogP contribution in [-0.4, -0.2) is 16.1 Å². The summed E-state index contributed by atoms with van der Waals surface area (Å²) in [7, 11) is 0. The fourth-order valence-electron chi connectivity index (χ4n) is 2.58. The highest BCUT2D eigenvalue weighted by Gasteiger charge is 2.31. The average molecular weight is 328 g/mol. The van der Waals surface area contributed by atoms with Gasteiger partial charge in [-0.05, 0) is 68.2 Å². The zero-order valence-electron chi connectivity index (χ0n) is 13.5. The Morgan fingerprint density at radius 1 is 1.17 bits per heavy atom. The van der Waals surface area contributed by atoms with Gasteiger partial charge in [0.05, 0.1) is 0 Å². The van der Waals surface area contributed by atoms with Crippen molar-refractivity contribution in [2.75, 3.05) is 5.32 Å². The Morgan fingerprint density at radius 2 is 1.91 bits per heavy atom. The summed E-state index contributed by atoms with van der Waals surface area (Å²) < 4.78 is 13.9. The predicted molar refractivity (Wildman–Crippen MR) is 97.1 cm³/mol. The molecule has 1 saturated carbocycles. The van der Waals surface area contributed by atoms with Crippen LogP contribution < -0.4 is 5.32 Å². The van der Waals surface area contributed by atoms with Gasteiger partial charge in [-0.25, -0.2) is 4.39 Å². The van der Waals surface area contributed by atoms with Crippen molar-refractivity contribution < 1.29 is 4.39 Å². The maximum absolute atomic E-state index is 13.9. The van der Waals surface area contributed by atoms with Crippen molar-refractivity contribution in [3.8, 4) is 0 Å². The van der Waals surface area contributed by atoms with Gasteiger partial charge in [0.1, 0.15) is 5.82 Å². The van der Waals surface area contributed by atoms with Gasteiger partial charge in [-0.15, -0.1) is 0 Å². The molecule has 23 heavy (non-hydrogen) atoms. The Morgan fingerprint density at radius 3 is 2.57 bits per heavy atom. The number of benzene rings is 2. The molecule has 1 fully saturated rings. The number of halogens is 1. The summed E-state index contributed by atoms with van der Waals surface area (Å²) in [6, 6.07) is 13.5. The molecule has 0 unspecified atom stereocenters. The first-order valence-electron chi connectivity index (χ1n) is 7.93. The molecule has 0 radical (unpaired) electrons. The quantitative estimate of drug-likeness (QED) is 0.811. The van der Waals surface area contributed by atoms with Crippen molar-refractivity contribution in [3.05, 3.63) is 65.0 Å². The predicted octanol–water partition coefficient (Wildman–Crippen LogP) is 4.80. The number of hydrogen-bond donors (Lipinski definition) is 1. The van der Waals surface area contributed by atoms with E-state index in [1.165, 1.54) is 17.2 Å². The van der Waals surface area contributed by atoms with Crippen molar-refractivity contribution in [1.29, 1.82) is 0 Å². The number of aryl methyl sites for hydroxylation is 2. The van der Waals surface area contributed by atoms with Gasteiger partial charge in [-0.1, -0.05) is 24.3 Å². The molecule has 0 spiro atoms. The van der Waals surface area contributed by atoms with E-state index >= 15 is 0 Å². The summed E-state index contributed by atoms with van der Waals surface area (Å²) >= 11 is 5.58. The summed E-state index contributed by atoms with van der Waals surface area (Å²) in [5.74, 6) is -0.174. The third kappa shape index (κ3) is 3.88. The van der Waals surface area contributed by atoms with Gasteiger partial charge in [0, 0.05) is 23.8 Å². The van der Waals surface area contributed by atoms with E-state index in [1.807, 2.05) is 18.2 Å². The van der Waals surface area contributed by atoms with Crippen LogP contribution in [0.5, 0.6) is 0 Å². The number of nitrogens with zero attached hydrogens (tertiary/aromatic N) is 1. The minimum Gasteiger partial charge on any atom is -0.342 e. The van der Waals surface area contributed by atoms with E-state index in [1.54, 1.807) is 6.07 Å².